The van der Waals surface area contributed by atoms with Crippen LogP contribution in [0.25, 0.3) is 0 Å². The fraction of sp³-hybridized carbons (Fsp3) is 0.500. The second-order valence-corrected chi connectivity index (χ2v) is 6.27. The number of hydrogen-bond donors (Lipinski definition) is 1. The van der Waals surface area contributed by atoms with Crippen molar-refractivity contribution in [2.45, 2.75) is 39.7 Å². The van der Waals surface area contributed by atoms with E-state index in [4.69, 9.17) is 10.7 Å². The molecule has 0 spiro atoms. The summed E-state index contributed by atoms with van der Waals surface area (Å²) < 4.78 is 0. The Labute approximate surface area is 127 Å². The molecule has 1 aliphatic rings. The van der Waals surface area contributed by atoms with E-state index >= 15 is 0 Å². The monoisotopic (exact) mass is 294 g/mol. The Bertz CT molecular complexity index is 535. The summed E-state index contributed by atoms with van der Waals surface area (Å²) in [6, 6.07) is 8.18. The largest absolute Gasteiger partial charge is 0.369 e. The van der Waals surface area contributed by atoms with Crippen molar-refractivity contribution >= 4 is 24.0 Å². The van der Waals surface area contributed by atoms with Crippen LogP contribution in [0.3, 0.4) is 0 Å². The average molecular weight is 295 g/mol. The lowest BCUT2D eigenvalue weighted by Crippen LogP contribution is -2.40. The molecule has 1 aromatic rings. The second kappa shape index (κ2) is 5.96. The molecule has 110 valence electrons. The Morgan fingerprint density at radius 1 is 1.30 bits per heavy atom. The van der Waals surface area contributed by atoms with E-state index in [0.29, 0.717) is 0 Å². The van der Waals surface area contributed by atoms with E-state index in [0.717, 1.165) is 17.7 Å². The average Bonchev–Trinajstić information content (AvgIpc) is 2.26. The van der Waals surface area contributed by atoms with Crippen LogP contribution in [0.2, 0.25) is 0 Å². The van der Waals surface area contributed by atoms with E-state index in [1.54, 1.807) is 0 Å². The highest BCUT2D eigenvalue weighted by Gasteiger charge is 2.34. The maximum atomic E-state index is 11.8. The smallest absolute Gasteiger partial charge is 0.226 e. The zero-order chi connectivity index (χ0) is 14.2. The third-order valence-electron chi connectivity index (χ3n) is 3.61. The van der Waals surface area contributed by atoms with Crippen molar-refractivity contribution in [3.8, 4) is 0 Å². The summed E-state index contributed by atoms with van der Waals surface area (Å²) in [5.74, 6) is -0.458. The quantitative estimate of drug-likeness (QED) is 0.915. The van der Waals surface area contributed by atoms with Crippen molar-refractivity contribution in [1.82, 2.24) is 0 Å². The lowest BCUT2D eigenvalue weighted by molar-refractivity contribution is -0.120. The van der Waals surface area contributed by atoms with E-state index < -0.39 is 0 Å². The number of halogens is 1. The first-order chi connectivity index (χ1) is 8.82. The van der Waals surface area contributed by atoms with Gasteiger partial charge in [-0.25, -0.2) is 0 Å². The molecule has 20 heavy (non-hydrogen) atoms. The number of primary amides is 1. The SMILES string of the molecule is CC(C)C(C(N)=O)C1=NC(C)(C)Cc2ccccc21.Cl. The Hall–Kier alpha value is -1.35. The van der Waals surface area contributed by atoms with Crippen molar-refractivity contribution in [3.63, 3.8) is 0 Å². The highest BCUT2D eigenvalue weighted by atomic mass is 35.5. The maximum absolute atomic E-state index is 11.8. The number of hydrogen-bond acceptors (Lipinski definition) is 2. The Kier molecular flexibility index (Phi) is 4.98. The van der Waals surface area contributed by atoms with Gasteiger partial charge >= 0.3 is 0 Å². The number of benzene rings is 1. The first-order valence-electron chi connectivity index (χ1n) is 6.79. The van der Waals surface area contributed by atoms with E-state index in [1.165, 1.54) is 5.56 Å². The predicted molar refractivity (Wildman–Crippen MR) is 85.5 cm³/mol. The summed E-state index contributed by atoms with van der Waals surface area (Å²) in [5.41, 5.74) is 8.61. The van der Waals surface area contributed by atoms with Crippen LogP contribution < -0.4 is 5.73 Å². The molecule has 1 heterocycles. The summed E-state index contributed by atoms with van der Waals surface area (Å²) in [6.07, 6.45) is 0.899. The molecule has 1 atom stereocenters. The fourth-order valence-corrected chi connectivity index (χ4v) is 2.83. The molecule has 1 unspecified atom stereocenters. The van der Waals surface area contributed by atoms with Crippen LogP contribution in [0.1, 0.15) is 38.8 Å². The fourth-order valence-electron chi connectivity index (χ4n) is 2.83. The number of carbonyl (C=O) groups excluding carboxylic acids is 1. The Morgan fingerprint density at radius 2 is 1.90 bits per heavy atom. The number of nitrogens with zero attached hydrogens (tertiary/aromatic N) is 1. The Morgan fingerprint density at radius 3 is 2.45 bits per heavy atom. The molecule has 3 nitrogen and oxygen atoms in total. The zero-order valence-electron chi connectivity index (χ0n) is 12.5. The van der Waals surface area contributed by atoms with Crippen LogP contribution in [0.15, 0.2) is 29.3 Å². The van der Waals surface area contributed by atoms with Crippen molar-refractivity contribution in [2.75, 3.05) is 0 Å². The molecule has 0 radical (unpaired) electrons. The van der Waals surface area contributed by atoms with Gasteiger partial charge < -0.3 is 5.73 Å². The van der Waals surface area contributed by atoms with Crippen LogP contribution in [-0.2, 0) is 11.2 Å². The molecule has 1 amide bonds. The molecule has 1 aromatic carbocycles. The summed E-state index contributed by atoms with van der Waals surface area (Å²) in [6.45, 7) is 8.23. The van der Waals surface area contributed by atoms with Gasteiger partial charge in [0.25, 0.3) is 0 Å². The van der Waals surface area contributed by atoms with Gasteiger partial charge in [0.1, 0.15) is 0 Å². The highest BCUT2D eigenvalue weighted by molar-refractivity contribution is 6.14. The van der Waals surface area contributed by atoms with Crippen LogP contribution >= 0.6 is 12.4 Å². The van der Waals surface area contributed by atoms with Crippen molar-refractivity contribution in [2.24, 2.45) is 22.6 Å². The van der Waals surface area contributed by atoms with Gasteiger partial charge in [-0.2, -0.15) is 0 Å². The second-order valence-electron chi connectivity index (χ2n) is 6.27. The normalized spacial score (nSPS) is 17.8. The molecule has 4 heteroatoms. The number of rotatable bonds is 3. The van der Waals surface area contributed by atoms with Gasteiger partial charge in [0.15, 0.2) is 0 Å². The minimum atomic E-state index is -0.319. The first-order valence-corrected chi connectivity index (χ1v) is 6.79. The zero-order valence-corrected chi connectivity index (χ0v) is 13.3. The Balaban J connectivity index is 0.00000200. The molecule has 2 N–H and O–H groups in total. The molecule has 0 saturated carbocycles. The minimum Gasteiger partial charge on any atom is -0.369 e. The van der Waals surface area contributed by atoms with E-state index in [1.807, 2.05) is 32.0 Å². The van der Waals surface area contributed by atoms with Crippen molar-refractivity contribution < 1.29 is 4.79 Å². The number of fused-ring (bicyclic) bond motifs is 1. The van der Waals surface area contributed by atoms with E-state index in [2.05, 4.69) is 19.9 Å². The molecule has 0 fully saturated rings. The number of nitrogens with two attached hydrogens (primary N) is 1. The predicted octanol–water partition coefficient (Wildman–Crippen LogP) is 2.99. The summed E-state index contributed by atoms with van der Waals surface area (Å²) in [5, 5.41) is 0. The summed E-state index contributed by atoms with van der Waals surface area (Å²) in [4.78, 5) is 16.6. The summed E-state index contributed by atoms with van der Waals surface area (Å²) >= 11 is 0. The van der Waals surface area contributed by atoms with Gasteiger partial charge in [-0.15, -0.1) is 12.4 Å². The molecule has 0 aromatic heterocycles. The molecule has 2 rings (SSSR count). The van der Waals surface area contributed by atoms with Crippen LogP contribution in [0.4, 0.5) is 0 Å². The van der Waals surface area contributed by atoms with E-state index in [9.17, 15) is 4.79 Å². The van der Waals surface area contributed by atoms with Crippen LogP contribution in [-0.4, -0.2) is 17.2 Å². The molecular weight excluding hydrogens is 272 g/mol. The summed E-state index contributed by atoms with van der Waals surface area (Å²) in [7, 11) is 0. The maximum Gasteiger partial charge on any atom is 0.226 e. The number of carbonyl (C=O) groups is 1. The van der Waals surface area contributed by atoms with Crippen LogP contribution in [0.5, 0.6) is 0 Å². The highest BCUT2D eigenvalue weighted by Crippen LogP contribution is 2.31. The standard InChI is InChI=1S/C16H22N2O.ClH/c1-10(2)13(15(17)19)14-12-8-6-5-7-11(12)9-16(3,4)18-14;/h5-8,10,13H,9H2,1-4H3,(H2,17,19);1H. The van der Waals surface area contributed by atoms with Gasteiger partial charge in [0.05, 0.1) is 17.2 Å². The first kappa shape index (κ1) is 16.7. The van der Waals surface area contributed by atoms with Crippen LogP contribution in [0, 0.1) is 11.8 Å². The lowest BCUT2D eigenvalue weighted by atomic mass is 9.79. The van der Waals surface area contributed by atoms with Crippen molar-refractivity contribution in [3.05, 3.63) is 35.4 Å². The van der Waals surface area contributed by atoms with Gasteiger partial charge in [0, 0.05) is 0 Å². The molecule has 0 saturated heterocycles. The molecule has 1 aliphatic heterocycles. The topological polar surface area (TPSA) is 55.5 Å². The van der Waals surface area contributed by atoms with E-state index in [-0.39, 0.29) is 35.7 Å². The number of aliphatic imine (C=N–C) groups is 1. The van der Waals surface area contributed by atoms with Gasteiger partial charge in [-0.05, 0) is 37.3 Å². The van der Waals surface area contributed by atoms with Gasteiger partial charge in [-0.3, -0.25) is 9.79 Å². The minimum absolute atomic E-state index is 0. The third-order valence-corrected chi connectivity index (χ3v) is 3.61. The number of amides is 1. The lowest BCUT2D eigenvalue weighted by Gasteiger charge is -2.32. The molecule has 0 bridgehead atoms. The van der Waals surface area contributed by atoms with Gasteiger partial charge in [0.2, 0.25) is 5.91 Å². The van der Waals surface area contributed by atoms with Crippen molar-refractivity contribution in [1.29, 1.82) is 0 Å². The molecular formula is C16H23ClN2O. The van der Waals surface area contributed by atoms with Gasteiger partial charge in [-0.1, -0.05) is 38.1 Å². The third kappa shape index (κ3) is 3.21. The molecule has 0 aliphatic carbocycles.